The van der Waals surface area contributed by atoms with Crippen molar-refractivity contribution in [3.8, 4) is 0 Å². The van der Waals surface area contributed by atoms with Gasteiger partial charge in [0.25, 0.3) is 5.91 Å². The fourth-order valence-electron chi connectivity index (χ4n) is 2.58. The van der Waals surface area contributed by atoms with Gasteiger partial charge in [-0.15, -0.1) is 0 Å². The molecule has 1 amide bonds. The van der Waals surface area contributed by atoms with Crippen molar-refractivity contribution in [2.24, 2.45) is 0 Å². The Morgan fingerprint density at radius 3 is 2.62 bits per heavy atom. The molecule has 0 spiro atoms. The molecule has 0 aliphatic rings. The van der Waals surface area contributed by atoms with Crippen LogP contribution in [0.4, 0.5) is 10.2 Å². The summed E-state index contributed by atoms with van der Waals surface area (Å²) in [4.78, 5) is 12.1. The van der Waals surface area contributed by atoms with Gasteiger partial charge in [0, 0.05) is 30.2 Å². The number of halogens is 2. The molecule has 3 aromatic rings. The first-order chi connectivity index (χ1) is 13.7. The Morgan fingerprint density at radius 2 is 1.93 bits per heavy atom. The van der Waals surface area contributed by atoms with Crippen molar-refractivity contribution in [3.63, 3.8) is 0 Å². The number of anilines is 1. The maximum absolute atomic E-state index is 14.1. The van der Waals surface area contributed by atoms with Crippen molar-refractivity contribution in [2.45, 2.75) is 11.4 Å². The Balaban J connectivity index is 1.86. The molecule has 1 heterocycles. The minimum absolute atomic E-state index is 0.0143. The van der Waals surface area contributed by atoms with Crippen molar-refractivity contribution < 1.29 is 17.6 Å². The number of hydrogen-bond acceptors (Lipinski definition) is 4. The maximum Gasteiger partial charge on any atom is 0.256 e. The zero-order valence-corrected chi connectivity index (χ0v) is 18.0. The first-order valence-corrected chi connectivity index (χ1v) is 10.7. The summed E-state index contributed by atoms with van der Waals surface area (Å²) >= 11 is 3.47. The fraction of sp³-hybridized carbons (Fsp3) is 0.158. The van der Waals surface area contributed by atoms with E-state index in [1.165, 1.54) is 20.2 Å². The van der Waals surface area contributed by atoms with Crippen molar-refractivity contribution >= 4 is 37.7 Å². The number of carbonyl (C=O) groups excluding carboxylic acids is 1. The predicted molar refractivity (Wildman–Crippen MR) is 111 cm³/mol. The average molecular weight is 481 g/mol. The lowest BCUT2D eigenvalue weighted by atomic mass is 10.2. The van der Waals surface area contributed by atoms with Gasteiger partial charge in [0.2, 0.25) is 10.0 Å². The van der Waals surface area contributed by atoms with Crippen LogP contribution in [0.15, 0.2) is 64.1 Å². The summed E-state index contributed by atoms with van der Waals surface area (Å²) in [7, 11) is -1.44. The van der Waals surface area contributed by atoms with Gasteiger partial charge in [0.15, 0.2) is 0 Å². The Hall–Kier alpha value is -2.56. The second kappa shape index (κ2) is 8.44. The molecule has 0 fully saturated rings. The third-order valence-corrected chi connectivity index (χ3v) is 6.79. The summed E-state index contributed by atoms with van der Waals surface area (Å²) in [6.45, 7) is 0.410. The topological polar surface area (TPSA) is 84.3 Å². The molecule has 0 unspecified atom stereocenters. The largest absolute Gasteiger partial charge is 0.307 e. The van der Waals surface area contributed by atoms with Crippen molar-refractivity contribution in [2.75, 3.05) is 19.4 Å². The summed E-state index contributed by atoms with van der Waals surface area (Å²) in [5.74, 6) is -1.07. The van der Waals surface area contributed by atoms with Crippen LogP contribution in [0.5, 0.6) is 0 Å². The molecule has 0 aliphatic heterocycles. The smallest absolute Gasteiger partial charge is 0.256 e. The highest BCUT2D eigenvalue weighted by molar-refractivity contribution is 9.10. The van der Waals surface area contributed by atoms with E-state index in [-0.39, 0.29) is 5.56 Å². The first-order valence-electron chi connectivity index (χ1n) is 8.49. The van der Waals surface area contributed by atoms with Crippen LogP contribution in [0, 0.1) is 5.82 Å². The van der Waals surface area contributed by atoms with Crippen molar-refractivity contribution in [3.05, 3.63) is 76.1 Å². The van der Waals surface area contributed by atoms with Gasteiger partial charge in [-0.3, -0.25) is 4.79 Å². The molecule has 0 atom stereocenters. The van der Waals surface area contributed by atoms with Crippen LogP contribution >= 0.6 is 15.9 Å². The maximum atomic E-state index is 14.1. The van der Waals surface area contributed by atoms with Gasteiger partial charge in [0.05, 0.1) is 12.7 Å². The average Bonchev–Trinajstić information content (AvgIpc) is 3.10. The molecule has 29 heavy (non-hydrogen) atoms. The minimum atomic E-state index is -4.02. The third kappa shape index (κ3) is 4.55. The highest BCUT2D eigenvalue weighted by Gasteiger charge is 2.23. The zero-order valence-electron chi connectivity index (χ0n) is 15.6. The summed E-state index contributed by atoms with van der Waals surface area (Å²) in [6, 6.07) is 12.5. The molecule has 0 radical (unpaired) electrons. The summed E-state index contributed by atoms with van der Waals surface area (Å²) in [5.41, 5.74) is 0.980. The first kappa shape index (κ1) is 21.2. The van der Waals surface area contributed by atoms with E-state index in [4.69, 9.17) is 0 Å². The molecule has 0 bridgehead atoms. The van der Waals surface area contributed by atoms with Gasteiger partial charge >= 0.3 is 0 Å². The van der Waals surface area contributed by atoms with Gasteiger partial charge in [-0.05, 0) is 29.8 Å². The van der Waals surface area contributed by atoms with E-state index >= 15 is 0 Å². The van der Waals surface area contributed by atoms with E-state index in [0.717, 1.165) is 26.5 Å². The highest BCUT2D eigenvalue weighted by Crippen LogP contribution is 2.21. The van der Waals surface area contributed by atoms with Crippen LogP contribution in [-0.2, 0) is 16.6 Å². The lowest BCUT2D eigenvalue weighted by molar-refractivity contribution is 0.102. The van der Waals surface area contributed by atoms with Crippen LogP contribution in [-0.4, -0.2) is 42.5 Å². The molecule has 10 heteroatoms. The number of carbonyl (C=O) groups is 1. The SMILES string of the molecule is CN(C)S(=O)(=O)c1cc(C(=O)Nc2ccnn2Cc2ccccc2Br)ccc1F. The van der Waals surface area contributed by atoms with Gasteiger partial charge in [-0.25, -0.2) is 21.8 Å². The molecule has 1 aromatic heterocycles. The molecule has 0 saturated carbocycles. The monoisotopic (exact) mass is 480 g/mol. The normalized spacial score (nSPS) is 11.6. The number of sulfonamides is 1. The summed E-state index contributed by atoms with van der Waals surface area (Å²) < 4.78 is 42.0. The molecular weight excluding hydrogens is 463 g/mol. The van der Waals surface area contributed by atoms with Gasteiger partial charge in [-0.2, -0.15) is 5.10 Å². The van der Waals surface area contributed by atoms with Crippen molar-refractivity contribution in [1.29, 1.82) is 0 Å². The van der Waals surface area contributed by atoms with E-state index in [0.29, 0.717) is 12.4 Å². The van der Waals surface area contributed by atoms with Gasteiger partial charge in [-0.1, -0.05) is 34.1 Å². The van der Waals surface area contributed by atoms with E-state index in [1.54, 1.807) is 16.9 Å². The van der Waals surface area contributed by atoms with Crippen molar-refractivity contribution in [1.82, 2.24) is 14.1 Å². The summed E-state index contributed by atoms with van der Waals surface area (Å²) in [6.07, 6.45) is 1.54. The lowest BCUT2D eigenvalue weighted by Crippen LogP contribution is -2.24. The minimum Gasteiger partial charge on any atom is -0.307 e. The summed E-state index contributed by atoms with van der Waals surface area (Å²) in [5, 5.41) is 6.90. The van der Waals surface area contributed by atoms with Crippen LogP contribution in [0.1, 0.15) is 15.9 Å². The van der Waals surface area contributed by atoms with E-state index in [9.17, 15) is 17.6 Å². The van der Waals surface area contributed by atoms with E-state index in [2.05, 4.69) is 26.3 Å². The lowest BCUT2D eigenvalue weighted by Gasteiger charge is -2.14. The molecule has 2 aromatic carbocycles. The number of hydrogen-bond donors (Lipinski definition) is 1. The molecule has 7 nitrogen and oxygen atoms in total. The number of aromatic nitrogens is 2. The molecular formula is C19H18BrFN4O3S. The standard InChI is InChI=1S/C19H18BrFN4O3S/c1-24(2)29(27,28)17-11-13(7-8-16(17)21)19(26)23-18-9-10-22-25(18)12-14-5-3-4-6-15(14)20/h3-11H,12H2,1-2H3,(H,23,26). The van der Waals surface area contributed by atoms with E-state index in [1.807, 2.05) is 24.3 Å². The van der Waals surface area contributed by atoms with Crippen LogP contribution in [0.2, 0.25) is 0 Å². The molecule has 3 rings (SSSR count). The number of benzene rings is 2. The number of amides is 1. The predicted octanol–water partition coefficient (Wildman–Crippen LogP) is 3.34. The Kier molecular flexibility index (Phi) is 6.15. The fourth-order valence-corrected chi connectivity index (χ4v) is 3.97. The molecule has 152 valence electrons. The van der Waals surface area contributed by atoms with Crippen LogP contribution in [0.25, 0.3) is 0 Å². The molecule has 0 saturated heterocycles. The van der Waals surface area contributed by atoms with Gasteiger partial charge in [0.1, 0.15) is 16.5 Å². The quantitative estimate of drug-likeness (QED) is 0.586. The zero-order chi connectivity index (χ0) is 21.2. The number of rotatable bonds is 6. The number of nitrogens with zero attached hydrogens (tertiary/aromatic N) is 3. The molecule has 0 aliphatic carbocycles. The number of nitrogens with one attached hydrogen (secondary N) is 1. The Bertz CT molecular complexity index is 1160. The molecule has 1 N–H and O–H groups in total. The highest BCUT2D eigenvalue weighted by atomic mass is 79.9. The third-order valence-electron chi connectivity index (χ3n) is 4.19. The second-order valence-corrected chi connectivity index (χ2v) is 9.33. The van der Waals surface area contributed by atoms with Crippen LogP contribution < -0.4 is 5.32 Å². The Labute approximate surface area is 176 Å². The van der Waals surface area contributed by atoms with Crippen LogP contribution in [0.3, 0.4) is 0 Å². The Morgan fingerprint density at radius 1 is 1.21 bits per heavy atom. The second-order valence-electron chi connectivity index (χ2n) is 6.35. The van der Waals surface area contributed by atoms with E-state index < -0.39 is 26.6 Å². The van der Waals surface area contributed by atoms with Gasteiger partial charge < -0.3 is 5.32 Å².